The van der Waals surface area contributed by atoms with Crippen molar-refractivity contribution in [3.05, 3.63) is 24.3 Å². The molecule has 0 fully saturated rings. The van der Waals surface area contributed by atoms with Crippen LogP contribution in [0.4, 0.5) is 0 Å². The normalized spacial score (nSPS) is 9.20. The topological polar surface area (TPSA) is 41.6 Å². The van der Waals surface area contributed by atoms with Crippen LogP contribution in [0.2, 0.25) is 0 Å². The van der Waals surface area contributed by atoms with Crippen LogP contribution in [0.1, 0.15) is 0 Å². The van der Waals surface area contributed by atoms with Crippen molar-refractivity contribution in [1.82, 2.24) is 15.4 Å². The van der Waals surface area contributed by atoms with Gasteiger partial charge in [-0.3, -0.25) is 0 Å². The Morgan fingerprint density at radius 2 is 1.50 bits per heavy atom. The SMILES string of the molecule is [Gd].c1ccc2n[nH]nc2c1. The molecule has 1 N–H and O–H groups in total. The quantitative estimate of drug-likeness (QED) is 0.778. The Morgan fingerprint density at radius 3 is 2.00 bits per heavy atom. The van der Waals surface area contributed by atoms with Gasteiger partial charge in [0.05, 0.1) is 0 Å². The van der Waals surface area contributed by atoms with Crippen LogP contribution in [0.15, 0.2) is 24.3 Å². The van der Waals surface area contributed by atoms with Crippen molar-refractivity contribution < 1.29 is 39.9 Å². The predicted molar refractivity (Wildman–Crippen MR) is 33.9 cm³/mol. The fourth-order valence-electron chi connectivity index (χ4n) is 0.786. The standard InChI is InChI=1S/C6H5N3.Gd/c1-2-4-6-5(3-1)7-9-8-6;/h1-4H,(H,7,8,9);. The minimum absolute atomic E-state index is 0. The molecule has 2 aromatic rings. The van der Waals surface area contributed by atoms with Crippen LogP contribution in [0, 0.1) is 39.9 Å². The second-order valence-corrected chi connectivity index (χ2v) is 1.81. The smallest absolute Gasteiger partial charge is 0.112 e. The minimum Gasteiger partial charge on any atom is -0.197 e. The molecule has 0 bridgehead atoms. The van der Waals surface area contributed by atoms with Crippen LogP contribution in [-0.4, -0.2) is 15.4 Å². The van der Waals surface area contributed by atoms with Gasteiger partial charge < -0.3 is 0 Å². The van der Waals surface area contributed by atoms with E-state index in [-0.39, 0.29) is 39.9 Å². The second-order valence-electron chi connectivity index (χ2n) is 1.81. The first-order valence-corrected chi connectivity index (χ1v) is 2.72. The zero-order chi connectivity index (χ0) is 6.10. The third-order valence-electron chi connectivity index (χ3n) is 1.22. The third-order valence-corrected chi connectivity index (χ3v) is 1.22. The Kier molecular flexibility index (Phi) is 2.71. The summed E-state index contributed by atoms with van der Waals surface area (Å²) >= 11 is 0. The van der Waals surface area contributed by atoms with Gasteiger partial charge in [-0.25, -0.2) is 0 Å². The summed E-state index contributed by atoms with van der Waals surface area (Å²) in [5.41, 5.74) is 1.83. The fraction of sp³-hybridized carbons (Fsp3) is 0. The van der Waals surface area contributed by atoms with E-state index in [2.05, 4.69) is 15.4 Å². The summed E-state index contributed by atoms with van der Waals surface area (Å²) in [4.78, 5) is 0. The van der Waals surface area contributed by atoms with Crippen LogP contribution in [-0.2, 0) is 0 Å². The summed E-state index contributed by atoms with van der Waals surface area (Å²) in [5.74, 6) is 0. The van der Waals surface area contributed by atoms with E-state index in [1.165, 1.54) is 0 Å². The number of fused-ring (bicyclic) bond motifs is 1. The van der Waals surface area contributed by atoms with Gasteiger partial charge in [0, 0.05) is 39.9 Å². The summed E-state index contributed by atoms with van der Waals surface area (Å²) < 4.78 is 0. The predicted octanol–water partition coefficient (Wildman–Crippen LogP) is 0.958. The molecule has 0 aliphatic heterocycles. The molecular weight excluding hydrogens is 271 g/mol. The van der Waals surface area contributed by atoms with Crippen molar-refractivity contribution in [3.8, 4) is 0 Å². The Hall–Kier alpha value is -0.0553. The van der Waals surface area contributed by atoms with E-state index in [1.807, 2.05) is 24.3 Å². The number of aromatic nitrogens is 3. The van der Waals surface area contributed by atoms with Gasteiger partial charge in [0.25, 0.3) is 0 Å². The summed E-state index contributed by atoms with van der Waals surface area (Å²) in [5, 5.41) is 10.3. The number of hydrogen-bond acceptors (Lipinski definition) is 2. The van der Waals surface area contributed by atoms with Crippen LogP contribution in [0.3, 0.4) is 0 Å². The maximum atomic E-state index is 3.88. The summed E-state index contributed by atoms with van der Waals surface area (Å²) in [6.07, 6.45) is 0. The van der Waals surface area contributed by atoms with Gasteiger partial charge in [-0.15, -0.1) is 0 Å². The van der Waals surface area contributed by atoms with Crippen molar-refractivity contribution in [2.24, 2.45) is 0 Å². The molecular formula is C6H5GdN3. The van der Waals surface area contributed by atoms with Gasteiger partial charge in [0.2, 0.25) is 0 Å². The Labute approximate surface area is 89.9 Å². The molecule has 0 saturated heterocycles. The molecule has 0 unspecified atom stereocenters. The third kappa shape index (κ3) is 1.33. The molecule has 3 nitrogen and oxygen atoms in total. The molecule has 10 heavy (non-hydrogen) atoms. The van der Waals surface area contributed by atoms with Crippen LogP contribution in [0.5, 0.6) is 0 Å². The number of nitrogens with zero attached hydrogens (tertiary/aromatic N) is 2. The first kappa shape index (κ1) is 8.05. The Bertz CT molecular complexity index is 287. The van der Waals surface area contributed by atoms with Gasteiger partial charge in [-0.05, 0) is 12.1 Å². The number of hydrogen-bond donors (Lipinski definition) is 1. The molecule has 0 saturated carbocycles. The maximum absolute atomic E-state index is 3.88. The van der Waals surface area contributed by atoms with E-state index in [0.29, 0.717) is 0 Å². The van der Waals surface area contributed by atoms with Gasteiger partial charge >= 0.3 is 0 Å². The van der Waals surface area contributed by atoms with Gasteiger partial charge in [-0.2, -0.15) is 15.4 Å². The molecule has 4 heteroatoms. The van der Waals surface area contributed by atoms with Crippen molar-refractivity contribution in [1.29, 1.82) is 0 Å². The zero-order valence-corrected chi connectivity index (χ0v) is 7.33. The number of rotatable bonds is 0. The molecule has 0 aliphatic carbocycles. The Balaban J connectivity index is 0.000000500. The largest absolute Gasteiger partial charge is 0.197 e. The van der Waals surface area contributed by atoms with Crippen molar-refractivity contribution in [3.63, 3.8) is 0 Å². The van der Waals surface area contributed by atoms with Crippen LogP contribution >= 0.6 is 0 Å². The minimum atomic E-state index is 0. The second kappa shape index (κ2) is 3.37. The first-order valence-electron chi connectivity index (χ1n) is 2.72. The van der Waals surface area contributed by atoms with E-state index in [9.17, 15) is 0 Å². The number of H-pyrrole nitrogens is 1. The van der Waals surface area contributed by atoms with E-state index < -0.39 is 0 Å². The Morgan fingerprint density at radius 1 is 1.00 bits per heavy atom. The van der Waals surface area contributed by atoms with Crippen molar-refractivity contribution in [2.45, 2.75) is 0 Å². The monoisotopic (exact) mass is 277 g/mol. The average Bonchev–Trinajstić information content (AvgIpc) is 2.33. The van der Waals surface area contributed by atoms with Crippen LogP contribution < -0.4 is 0 Å². The summed E-state index contributed by atoms with van der Waals surface area (Å²) in [7, 11) is 0. The fourth-order valence-corrected chi connectivity index (χ4v) is 0.786. The van der Waals surface area contributed by atoms with E-state index in [1.54, 1.807) is 0 Å². The molecule has 52 valence electrons. The molecule has 0 spiro atoms. The van der Waals surface area contributed by atoms with E-state index in [4.69, 9.17) is 0 Å². The van der Waals surface area contributed by atoms with Gasteiger partial charge in [0.1, 0.15) is 11.0 Å². The number of nitrogens with one attached hydrogen (secondary N) is 1. The molecule has 1 aromatic heterocycles. The molecule has 2 rings (SSSR count). The number of para-hydroxylation sites is 2. The number of aromatic amines is 1. The first-order chi connectivity index (χ1) is 4.47. The molecule has 1 heterocycles. The molecule has 0 radical (unpaired) electrons. The maximum Gasteiger partial charge on any atom is 0.112 e. The van der Waals surface area contributed by atoms with E-state index in [0.717, 1.165) is 11.0 Å². The van der Waals surface area contributed by atoms with Gasteiger partial charge in [0.15, 0.2) is 0 Å². The molecule has 0 aliphatic rings. The summed E-state index contributed by atoms with van der Waals surface area (Å²) in [6.45, 7) is 0. The molecule has 0 atom stereocenters. The average molecular weight is 276 g/mol. The van der Waals surface area contributed by atoms with Crippen LogP contribution in [0.25, 0.3) is 11.0 Å². The molecule has 0 amide bonds. The molecule has 1 aromatic carbocycles. The summed E-state index contributed by atoms with van der Waals surface area (Å²) in [6, 6.07) is 7.70. The van der Waals surface area contributed by atoms with Crippen molar-refractivity contribution >= 4 is 11.0 Å². The zero-order valence-electron chi connectivity index (χ0n) is 5.06. The van der Waals surface area contributed by atoms with Crippen molar-refractivity contribution in [2.75, 3.05) is 0 Å². The van der Waals surface area contributed by atoms with E-state index >= 15 is 0 Å². The number of benzene rings is 1. The van der Waals surface area contributed by atoms with Gasteiger partial charge in [-0.1, -0.05) is 12.1 Å².